The van der Waals surface area contributed by atoms with Gasteiger partial charge in [0, 0.05) is 23.1 Å². The molecule has 0 fully saturated rings. The van der Waals surface area contributed by atoms with E-state index < -0.39 is 4.92 Å². The maximum atomic E-state index is 10.9. The highest BCUT2D eigenvalue weighted by Crippen LogP contribution is 2.29. The number of nitrogens with zero attached hydrogens (tertiary/aromatic N) is 4. The van der Waals surface area contributed by atoms with Gasteiger partial charge < -0.3 is 5.73 Å². The second kappa shape index (κ2) is 4.66. The summed E-state index contributed by atoms with van der Waals surface area (Å²) in [6.45, 7) is 1.82. The fraction of sp³-hybridized carbons (Fsp3) is 0.167. The van der Waals surface area contributed by atoms with Gasteiger partial charge in [0.05, 0.1) is 16.7 Å². The molecule has 2 aromatic heterocycles. The highest BCUT2D eigenvalue weighted by atomic mass is 32.1. The van der Waals surface area contributed by atoms with Gasteiger partial charge in [0.25, 0.3) is 5.69 Å². The summed E-state index contributed by atoms with van der Waals surface area (Å²) in [5.41, 5.74) is 7.49. The molecule has 0 amide bonds. The topological polar surface area (TPSA) is 99.3 Å². The van der Waals surface area contributed by atoms with Crippen LogP contribution in [0.3, 0.4) is 0 Å². The van der Waals surface area contributed by atoms with Crippen molar-refractivity contribution in [1.29, 1.82) is 0 Å². The summed E-state index contributed by atoms with van der Waals surface area (Å²) < 4.78 is 1.84. The van der Waals surface area contributed by atoms with E-state index in [1.807, 2.05) is 22.8 Å². The molecular formula is C12H11N5O2S. The maximum Gasteiger partial charge on any atom is 0.270 e. The number of non-ortho nitro benzene ring substituents is 1. The first-order valence-electron chi connectivity index (χ1n) is 5.91. The Morgan fingerprint density at radius 2 is 2.25 bits per heavy atom. The van der Waals surface area contributed by atoms with Gasteiger partial charge in [0.2, 0.25) is 4.96 Å². The Hall–Kier alpha value is -2.32. The first-order valence-corrected chi connectivity index (χ1v) is 6.79. The van der Waals surface area contributed by atoms with E-state index in [2.05, 4.69) is 10.2 Å². The van der Waals surface area contributed by atoms with Gasteiger partial charge in [0.1, 0.15) is 0 Å². The average Bonchev–Trinajstić information content (AvgIpc) is 2.99. The zero-order valence-electron chi connectivity index (χ0n) is 10.6. The summed E-state index contributed by atoms with van der Waals surface area (Å²) >= 11 is 1.43. The fourth-order valence-corrected chi connectivity index (χ4v) is 2.86. The minimum atomic E-state index is -0.411. The molecule has 3 rings (SSSR count). The van der Waals surface area contributed by atoms with Crippen molar-refractivity contribution in [2.24, 2.45) is 5.73 Å². The van der Waals surface area contributed by atoms with Crippen LogP contribution in [0.1, 0.15) is 18.8 Å². The van der Waals surface area contributed by atoms with Gasteiger partial charge >= 0.3 is 0 Å². The van der Waals surface area contributed by atoms with E-state index in [1.54, 1.807) is 6.07 Å². The maximum absolute atomic E-state index is 10.9. The highest BCUT2D eigenvalue weighted by Gasteiger charge is 2.17. The molecule has 1 atom stereocenters. The number of hydrogen-bond acceptors (Lipinski definition) is 6. The van der Waals surface area contributed by atoms with Crippen LogP contribution >= 0.6 is 11.3 Å². The monoisotopic (exact) mass is 289 g/mol. The van der Waals surface area contributed by atoms with Crippen molar-refractivity contribution in [2.45, 2.75) is 13.0 Å². The number of hydrogen-bond donors (Lipinski definition) is 1. The predicted molar refractivity (Wildman–Crippen MR) is 75.6 cm³/mol. The number of fused-ring (bicyclic) bond motifs is 1. The Morgan fingerprint density at radius 3 is 2.95 bits per heavy atom. The molecular weight excluding hydrogens is 278 g/mol. The molecule has 0 saturated carbocycles. The largest absolute Gasteiger partial charge is 0.322 e. The molecule has 7 nitrogen and oxygen atoms in total. The van der Waals surface area contributed by atoms with Crippen molar-refractivity contribution in [3.63, 3.8) is 0 Å². The molecule has 1 aromatic carbocycles. The van der Waals surface area contributed by atoms with E-state index in [0.29, 0.717) is 5.82 Å². The number of nitrogens with two attached hydrogens (primary N) is 1. The van der Waals surface area contributed by atoms with Crippen LogP contribution in [-0.2, 0) is 0 Å². The SMILES string of the molecule is CC(N)c1nnc2scc(-c3cccc([N+](=O)[O-])c3)n12. The van der Waals surface area contributed by atoms with Gasteiger partial charge in [-0.05, 0) is 6.92 Å². The van der Waals surface area contributed by atoms with Gasteiger partial charge in [-0.3, -0.25) is 14.5 Å². The zero-order valence-corrected chi connectivity index (χ0v) is 11.4. The third kappa shape index (κ3) is 1.95. The number of aromatic nitrogens is 3. The van der Waals surface area contributed by atoms with Crippen LogP contribution in [0.15, 0.2) is 29.6 Å². The number of thiazole rings is 1. The molecule has 0 saturated heterocycles. The lowest BCUT2D eigenvalue weighted by molar-refractivity contribution is -0.384. The van der Waals surface area contributed by atoms with Crippen LogP contribution in [-0.4, -0.2) is 19.5 Å². The first-order chi connectivity index (χ1) is 9.58. The average molecular weight is 289 g/mol. The Balaban J connectivity index is 2.21. The van der Waals surface area contributed by atoms with Crippen molar-refractivity contribution >= 4 is 22.0 Å². The summed E-state index contributed by atoms with van der Waals surface area (Å²) in [4.78, 5) is 11.2. The lowest BCUT2D eigenvalue weighted by Gasteiger charge is -2.05. The van der Waals surface area contributed by atoms with Crippen LogP contribution in [0, 0.1) is 10.1 Å². The van der Waals surface area contributed by atoms with Gasteiger partial charge in [0.15, 0.2) is 5.82 Å². The Bertz CT molecular complexity index is 792. The third-order valence-corrected chi connectivity index (χ3v) is 3.75. The van der Waals surface area contributed by atoms with Crippen LogP contribution in [0.25, 0.3) is 16.2 Å². The van der Waals surface area contributed by atoms with E-state index in [0.717, 1.165) is 16.2 Å². The van der Waals surface area contributed by atoms with Gasteiger partial charge in [-0.25, -0.2) is 0 Å². The third-order valence-electron chi connectivity index (χ3n) is 2.94. The van der Waals surface area contributed by atoms with E-state index in [-0.39, 0.29) is 11.7 Å². The minimum Gasteiger partial charge on any atom is -0.322 e. The fourth-order valence-electron chi connectivity index (χ4n) is 2.02. The number of benzene rings is 1. The molecule has 2 N–H and O–H groups in total. The summed E-state index contributed by atoms with van der Waals surface area (Å²) in [6, 6.07) is 6.21. The van der Waals surface area contributed by atoms with Crippen molar-refractivity contribution in [1.82, 2.24) is 14.6 Å². The van der Waals surface area contributed by atoms with E-state index in [4.69, 9.17) is 5.73 Å². The van der Waals surface area contributed by atoms with Gasteiger partial charge in [-0.1, -0.05) is 12.1 Å². The molecule has 0 aliphatic rings. The summed E-state index contributed by atoms with van der Waals surface area (Å²) in [5.74, 6) is 0.641. The summed E-state index contributed by atoms with van der Waals surface area (Å²) in [7, 11) is 0. The lowest BCUT2D eigenvalue weighted by atomic mass is 10.1. The second-order valence-corrected chi connectivity index (χ2v) is 5.23. The van der Waals surface area contributed by atoms with Crippen molar-refractivity contribution in [3.05, 3.63) is 45.6 Å². The number of nitro groups is 1. The smallest absolute Gasteiger partial charge is 0.270 e. The molecule has 8 heteroatoms. The van der Waals surface area contributed by atoms with E-state index in [1.165, 1.54) is 23.5 Å². The van der Waals surface area contributed by atoms with Crippen LogP contribution in [0.4, 0.5) is 5.69 Å². The number of rotatable bonds is 3. The van der Waals surface area contributed by atoms with Crippen molar-refractivity contribution < 1.29 is 4.92 Å². The Morgan fingerprint density at radius 1 is 1.45 bits per heavy atom. The second-order valence-electron chi connectivity index (χ2n) is 4.39. The molecule has 0 bridgehead atoms. The summed E-state index contributed by atoms with van der Waals surface area (Å²) in [6.07, 6.45) is 0. The zero-order chi connectivity index (χ0) is 14.3. The van der Waals surface area contributed by atoms with Crippen molar-refractivity contribution in [2.75, 3.05) is 0 Å². The van der Waals surface area contributed by atoms with E-state index in [9.17, 15) is 10.1 Å². The molecule has 0 aliphatic carbocycles. The highest BCUT2D eigenvalue weighted by molar-refractivity contribution is 7.15. The molecule has 102 valence electrons. The molecule has 3 aromatic rings. The Labute approximate surface area is 117 Å². The molecule has 1 unspecified atom stereocenters. The first kappa shape index (κ1) is 12.7. The van der Waals surface area contributed by atoms with Gasteiger partial charge in [-0.15, -0.1) is 21.5 Å². The molecule has 0 spiro atoms. The normalized spacial score (nSPS) is 12.7. The minimum absolute atomic E-state index is 0.0530. The number of nitro benzene ring substituents is 1. The van der Waals surface area contributed by atoms with Gasteiger partial charge in [-0.2, -0.15) is 0 Å². The van der Waals surface area contributed by atoms with Crippen LogP contribution in [0.5, 0.6) is 0 Å². The molecule has 2 heterocycles. The Kier molecular flexibility index (Phi) is 2.96. The van der Waals surface area contributed by atoms with E-state index >= 15 is 0 Å². The predicted octanol–water partition coefficient (Wildman–Crippen LogP) is 2.39. The molecule has 0 radical (unpaired) electrons. The van der Waals surface area contributed by atoms with Crippen LogP contribution < -0.4 is 5.73 Å². The summed E-state index contributed by atoms with van der Waals surface area (Å²) in [5, 5.41) is 20.9. The molecule has 0 aliphatic heterocycles. The quantitative estimate of drug-likeness (QED) is 0.589. The molecule has 20 heavy (non-hydrogen) atoms. The van der Waals surface area contributed by atoms with Crippen molar-refractivity contribution in [3.8, 4) is 11.3 Å². The van der Waals surface area contributed by atoms with Crippen LogP contribution in [0.2, 0.25) is 0 Å². The lowest BCUT2D eigenvalue weighted by Crippen LogP contribution is -2.10. The standard InChI is InChI=1S/C12H11N5O2S/c1-7(13)11-14-15-12-16(11)10(6-20-12)8-3-2-4-9(5-8)17(18)19/h2-7H,13H2,1H3.